The van der Waals surface area contributed by atoms with Gasteiger partial charge in [-0.05, 0) is 6.92 Å². The van der Waals surface area contributed by atoms with Crippen molar-refractivity contribution in [2.24, 2.45) is 11.5 Å². The van der Waals surface area contributed by atoms with Crippen LogP contribution in [-0.2, 0) is 4.74 Å². The summed E-state index contributed by atoms with van der Waals surface area (Å²) in [4.78, 5) is 0. The van der Waals surface area contributed by atoms with Gasteiger partial charge in [-0.2, -0.15) is 0 Å². The van der Waals surface area contributed by atoms with Gasteiger partial charge in [0.05, 0.1) is 13.2 Å². The Labute approximate surface area is 50.0 Å². The molecule has 0 aliphatic carbocycles. The third-order valence-electron chi connectivity index (χ3n) is 0.643. The fraction of sp³-hybridized carbons (Fsp3) is 1.00. The highest BCUT2D eigenvalue weighted by Gasteiger charge is 1.90. The minimum atomic E-state index is 0.126. The molecule has 0 amide bonds. The molecular formula is C5H14N2O. The quantitative estimate of drug-likeness (QED) is 0.480. The molecule has 0 heterocycles. The predicted octanol–water partition coefficient (Wildman–Crippen LogP) is -0.691. The molecule has 0 radical (unpaired) electrons. The molecular weight excluding hydrogens is 104 g/mol. The van der Waals surface area contributed by atoms with Gasteiger partial charge >= 0.3 is 0 Å². The number of nitrogens with two attached hydrogens (primary N) is 2. The molecule has 0 aromatic carbocycles. The fourth-order valence-electron chi connectivity index (χ4n) is 0.353. The van der Waals surface area contributed by atoms with E-state index in [0.717, 1.165) is 0 Å². The van der Waals surface area contributed by atoms with Gasteiger partial charge in [0.25, 0.3) is 0 Å². The van der Waals surface area contributed by atoms with Crippen molar-refractivity contribution in [3.8, 4) is 0 Å². The van der Waals surface area contributed by atoms with E-state index in [-0.39, 0.29) is 6.04 Å². The Morgan fingerprint density at radius 2 is 2.25 bits per heavy atom. The number of hydrogen-bond donors (Lipinski definition) is 2. The van der Waals surface area contributed by atoms with Gasteiger partial charge in [0, 0.05) is 12.6 Å². The lowest BCUT2D eigenvalue weighted by atomic mass is 10.4. The van der Waals surface area contributed by atoms with Crippen LogP contribution in [-0.4, -0.2) is 25.8 Å². The Balaban J connectivity index is 2.72. The Kier molecular flexibility index (Phi) is 4.95. The summed E-state index contributed by atoms with van der Waals surface area (Å²) in [7, 11) is 0. The molecule has 0 bridgehead atoms. The second kappa shape index (κ2) is 5.03. The lowest BCUT2D eigenvalue weighted by Crippen LogP contribution is -2.23. The van der Waals surface area contributed by atoms with Gasteiger partial charge in [0.15, 0.2) is 0 Å². The average Bonchev–Trinajstić information content (AvgIpc) is 1.66. The Morgan fingerprint density at radius 1 is 1.62 bits per heavy atom. The van der Waals surface area contributed by atoms with Gasteiger partial charge in [-0.3, -0.25) is 0 Å². The standard InChI is InChI=1S/C5H14N2O/c1-5(7)4-8-3-2-6/h5H,2-4,6-7H2,1H3. The molecule has 1 atom stereocenters. The normalized spacial score (nSPS) is 13.9. The number of hydrogen-bond acceptors (Lipinski definition) is 3. The van der Waals surface area contributed by atoms with Crippen molar-refractivity contribution in [2.75, 3.05) is 19.8 Å². The van der Waals surface area contributed by atoms with Crippen LogP contribution in [0.25, 0.3) is 0 Å². The minimum Gasteiger partial charge on any atom is -0.379 e. The first kappa shape index (κ1) is 7.88. The van der Waals surface area contributed by atoms with Gasteiger partial charge in [0.2, 0.25) is 0 Å². The number of ether oxygens (including phenoxy) is 1. The molecule has 0 saturated carbocycles. The summed E-state index contributed by atoms with van der Waals surface area (Å²) in [6, 6.07) is 0.126. The molecule has 1 unspecified atom stereocenters. The fourth-order valence-corrected chi connectivity index (χ4v) is 0.353. The van der Waals surface area contributed by atoms with Crippen LogP contribution in [0.1, 0.15) is 6.92 Å². The zero-order valence-corrected chi connectivity index (χ0v) is 5.26. The molecule has 0 aromatic rings. The average molecular weight is 118 g/mol. The van der Waals surface area contributed by atoms with Crippen LogP contribution in [0.15, 0.2) is 0 Å². The van der Waals surface area contributed by atoms with Crippen LogP contribution >= 0.6 is 0 Å². The highest BCUT2D eigenvalue weighted by molar-refractivity contribution is 4.47. The lowest BCUT2D eigenvalue weighted by Gasteiger charge is -2.03. The molecule has 0 rings (SSSR count). The Morgan fingerprint density at radius 3 is 2.62 bits per heavy atom. The lowest BCUT2D eigenvalue weighted by molar-refractivity contribution is 0.131. The zero-order chi connectivity index (χ0) is 6.41. The van der Waals surface area contributed by atoms with Crippen molar-refractivity contribution < 1.29 is 4.74 Å². The second-order valence-corrected chi connectivity index (χ2v) is 1.84. The molecule has 4 N–H and O–H groups in total. The van der Waals surface area contributed by atoms with E-state index in [2.05, 4.69) is 0 Å². The van der Waals surface area contributed by atoms with E-state index in [9.17, 15) is 0 Å². The van der Waals surface area contributed by atoms with E-state index >= 15 is 0 Å². The minimum absolute atomic E-state index is 0.126. The van der Waals surface area contributed by atoms with E-state index in [1.807, 2.05) is 6.92 Å². The summed E-state index contributed by atoms with van der Waals surface area (Å²) in [5.41, 5.74) is 10.5. The first-order valence-corrected chi connectivity index (χ1v) is 2.80. The second-order valence-electron chi connectivity index (χ2n) is 1.84. The van der Waals surface area contributed by atoms with Crippen molar-refractivity contribution in [1.82, 2.24) is 0 Å². The van der Waals surface area contributed by atoms with Crippen LogP contribution in [0.5, 0.6) is 0 Å². The molecule has 8 heavy (non-hydrogen) atoms. The van der Waals surface area contributed by atoms with Crippen molar-refractivity contribution in [1.29, 1.82) is 0 Å². The van der Waals surface area contributed by atoms with Gasteiger partial charge in [-0.15, -0.1) is 0 Å². The first-order chi connectivity index (χ1) is 3.77. The molecule has 3 nitrogen and oxygen atoms in total. The highest BCUT2D eigenvalue weighted by Crippen LogP contribution is 1.76. The Hall–Kier alpha value is -0.120. The summed E-state index contributed by atoms with van der Waals surface area (Å²) in [6.07, 6.45) is 0. The molecule has 0 aromatic heterocycles. The van der Waals surface area contributed by atoms with Gasteiger partial charge < -0.3 is 16.2 Å². The summed E-state index contributed by atoms with van der Waals surface area (Å²) in [6.45, 7) is 3.70. The van der Waals surface area contributed by atoms with Crippen LogP contribution in [0.3, 0.4) is 0 Å². The molecule has 0 aliphatic heterocycles. The van der Waals surface area contributed by atoms with Crippen LogP contribution in [0.2, 0.25) is 0 Å². The number of rotatable bonds is 4. The van der Waals surface area contributed by atoms with Crippen molar-refractivity contribution >= 4 is 0 Å². The SMILES string of the molecule is CC(N)COCCN. The molecule has 50 valence electrons. The Bertz CT molecular complexity index is 47.7. The summed E-state index contributed by atoms with van der Waals surface area (Å²) < 4.78 is 4.99. The maximum absolute atomic E-state index is 5.37. The molecule has 3 heteroatoms. The predicted molar refractivity (Wildman–Crippen MR) is 33.5 cm³/mol. The van der Waals surface area contributed by atoms with Crippen LogP contribution < -0.4 is 11.5 Å². The maximum Gasteiger partial charge on any atom is 0.0615 e. The summed E-state index contributed by atoms with van der Waals surface area (Å²) >= 11 is 0. The monoisotopic (exact) mass is 118 g/mol. The van der Waals surface area contributed by atoms with Crippen LogP contribution in [0.4, 0.5) is 0 Å². The van der Waals surface area contributed by atoms with Crippen molar-refractivity contribution in [2.45, 2.75) is 13.0 Å². The van der Waals surface area contributed by atoms with Crippen LogP contribution in [0, 0.1) is 0 Å². The van der Waals surface area contributed by atoms with E-state index in [0.29, 0.717) is 19.8 Å². The third kappa shape index (κ3) is 5.88. The zero-order valence-electron chi connectivity index (χ0n) is 5.26. The third-order valence-corrected chi connectivity index (χ3v) is 0.643. The van der Waals surface area contributed by atoms with E-state index < -0.39 is 0 Å². The van der Waals surface area contributed by atoms with E-state index in [4.69, 9.17) is 16.2 Å². The van der Waals surface area contributed by atoms with Gasteiger partial charge in [0.1, 0.15) is 0 Å². The molecule has 0 spiro atoms. The molecule has 0 saturated heterocycles. The highest BCUT2D eigenvalue weighted by atomic mass is 16.5. The first-order valence-electron chi connectivity index (χ1n) is 2.80. The van der Waals surface area contributed by atoms with Gasteiger partial charge in [-0.1, -0.05) is 0 Å². The summed E-state index contributed by atoms with van der Waals surface area (Å²) in [5.74, 6) is 0. The van der Waals surface area contributed by atoms with Crippen molar-refractivity contribution in [3.63, 3.8) is 0 Å². The molecule has 0 aliphatic rings. The van der Waals surface area contributed by atoms with Gasteiger partial charge in [-0.25, -0.2) is 0 Å². The largest absolute Gasteiger partial charge is 0.379 e. The summed E-state index contributed by atoms with van der Waals surface area (Å²) in [5, 5.41) is 0. The topological polar surface area (TPSA) is 61.3 Å². The maximum atomic E-state index is 5.37. The van der Waals surface area contributed by atoms with Crippen molar-refractivity contribution in [3.05, 3.63) is 0 Å². The molecule has 0 fully saturated rings. The van der Waals surface area contributed by atoms with E-state index in [1.165, 1.54) is 0 Å². The smallest absolute Gasteiger partial charge is 0.0615 e. The van der Waals surface area contributed by atoms with E-state index in [1.54, 1.807) is 0 Å².